The van der Waals surface area contributed by atoms with E-state index in [1.54, 1.807) is 0 Å². The highest BCUT2D eigenvalue weighted by Gasteiger charge is 2.21. The molecule has 1 fully saturated rings. The number of fused-ring (bicyclic) bond motifs is 1. The highest BCUT2D eigenvalue weighted by atomic mass is 15.1. The molecule has 0 unspecified atom stereocenters. The summed E-state index contributed by atoms with van der Waals surface area (Å²) in [6.45, 7) is 2.88. The van der Waals surface area contributed by atoms with Crippen LogP contribution in [0.4, 0.5) is 0 Å². The van der Waals surface area contributed by atoms with Crippen LogP contribution >= 0.6 is 0 Å². The lowest BCUT2D eigenvalue weighted by atomic mass is 9.96. The van der Waals surface area contributed by atoms with Gasteiger partial charge in [0.2, 0.25) is 0 Å². The van der Waals surface area contributed by atoms with E-state index in [9.17, 15) is 0 Å². The summed E-state index contributed by atoms with van der Waals surface area (Å²) in [6, 6.07) is 12.5. The highest BCUT2D eigenvalue weighted by molar-refractivity contribution is 5.79. The number of nitrogens with zero attached hydrogens (tertiary/aromatic N) is 2. The fourth-order valence-corrected chi connectivity index (χ4v) is 2.83. The average molecular weight is 268 g/mol. The first-order valence-electron chi connectivity index (χ1n) is 7.13. The van der Waals surface area contributed by atoms with Crippen LogP contribution in [0.1, 0.15) is 18.5 Å². The van der Waals surface area contributed by atoms with Crippen molar-refractivity contribution in [2.75, 3.05) is 13.1 Å². The zero-order valence-corrected chi connectivity index (χ0v) is 11.5. The standard InChI is InChI=1S/C16H20N4/c17-16(18)13-7-9-20(10-8-13)11-14-6-5-12-3-1-2-4-15(12)19-14/h1-6,13H,7-11H2,(H3,17,18). The Morgan fingerprint density at radius 1 is 1.20 bits per heavy atom. The second-order valence-electron chi connectivity index (χ2n) is 5.50. The number of nitrogens with one attached hydrogen (secondary N) is 1. The summed E-state index contributed by atoms with van der Waals surface area (Å²) < 4.78 is 0. The van der Waals surface area contributed by atoms with Crippen molar-refractivity contribution < 1.29 is 0 Å². The molecule has 1 saturated heterocycles. The van der Waals surface area contributed by atoms with Crippen LogP contribution in [0.5, 0.6) is 0 Å². The Labute approximate surface area is 119 Å². The molecule has 2 heterocycles. The van der Waals surface area contributed by atoms with Crippen LogP contribution in [-0.4, -0.2) is 28.8 Å². The predicted molar refractivity (Wildman–Crippen MR) is 81.7 cm³/mol. The molecule has 1 aliphatic rings. The van der Waals surface area contributed by atoms with Crippen molar-refractivity contribution in [1.82, 2.24) is 9.88 Å². The largest absolute Gasteiger partial charge is 0.387 e. The average Bonchev–Trinajstić information content (AvgIpc) is 2.48. The van der Waals surface area contributed by atoms with E-state index in [0.717, 1.165) is 43.7 Å². The molecule has 0 atom stereocenters. The molecule has 20 heavy (non-hydrogen) atoms. The third-order valence-electron chi connectivity index (χ3n) is 4.07. The zero-order valence-electron chi connectivity index (χ0n) is 11.5. The van der Waals surface area contributed by atoms with Crippen molar-refractivity contribution in [2.45, 2.75) is 19.4 Å². The van der Waals surface area contributed by atoms with E-state index in [-0.39, 0.29) is 5.92 Å². The molecule has 104 valence electrons. The molecule has 1 aliphatic heterocycles. The van der Waals surface area contributed by atoms with Gasteiger partial charge in [0.15, 0.2) is 0 Å². The maximum Gasteiger partial charge on any atom is 0.0937 e. The summed E-state index contributed by atoms with van der Waals surface area (Å²) in [7, 11) is 0. The Morgan fingerprint density at radius 2 is 1.95 bits per heavy atom. The van der Waals surface area contributed by atoms with Gasteiger partial charge in [-0.05, 0) is 38.1 Å². The van der Waals surface area contributed by atoms with Crippen LogP contribution in [0.3, 0.4) is 0 Å². The quantitative estimate of drug-likeness (QED) is 0.663. The van der Waals surface area contributed by atoms with Crippen LogP contribution in [0.15, 0.2) is 36.4 Å². The molecule has 1 aromatic carbocycles. The van der Waals surface area contributed by atoms with E-state index >= 15 is 0 Å². The van der Waals surface area contributed by atoms with Gasteiger partial charge in [0.25, 0.3) is 0 Å². The van der Waals surface area contributed by atoms with E-state index in [0.29, 0.717) is 5.84 Å². The Bertz CT molecular complexity index is 615. The van der Waals surface area contributed by atoms with Crippen molar-refractivity contribution >= 4 is 16.7 Å². The maximum absolute atomic E-state index is 7.51. The number of rotatable bonds is 3. The van der Waals surface area contributed by atoms with Crippen LogP contribution in [-0.2, 0) is 6.54 Å². The van der Waals surface area contributed by atoms with Crippen molar-refractivity contribution in [1.29, 1.82) is 5.41 Å². The molecule has 0 radical (unpaired) electrons. The number of para-hydroxylation sites is 1. The highest BCUT2D eigenvalue weighted by Crippen LogP contribution is 2.19. The number of likely N-dealkylation sites (tertiary alicyclic amines) is 1. The lowest BCUT2D eigenvalue weighted by molar-refractivity contribution is 0.199. The van der Waals surface area contributed by atoms with Crippen LogP contribution in [0, 0.1) is 11.3 Å². The number of hydrogen-bond donors (Lipinski definition) is 2. The van der Waals surface area contributed by atoms with Crippen molar-refractivity contribution in [3.05, 3.63) is 42.1 Å². The minimum atomic E-state index is 0.274. The van der Waals surface area contributed by atoms with E-state index < -0.39 is 0 Å². The number of hydrogen-bond acceptors (Lipinski definition) is 3. The van der Waals surface area contributed by atoms with Gasteiger partial charge in [-0.3, -0.25) is 15.3 Å². The Hall–Kier alpha value is -1.94. The smallest absolute Gasteiger partial charge is 0.0937 e. The van der Waals surface area contributed by atoms with E-state index in [1.807, 2.05) is 12.1 Å². The molecular formula is C16H20N4. The number of nitrogens with two attached hydrogens (primary N) is 1. The van der Waals surface area contributed by atoms with E-state index in [4.69, 9.17) is 16.1 Å². The SMILES string of the molecule is N=C(N)C1CCN(Cc2ccc3ccccc3n2)CC1. The summed E-state index contributed by atoms with van der Waals surface area (Å²) in [6.07, 6.45) is 1.98. The van der Waals surface area contributed by atoms with Gasteiger partial charge in [0, 0.05) is 17.8 Å². The third-order valence-corrected chi connectivity index (χ3v) is 4.07. The Morgan fingerprint density at radius 3 is 2.70 bits per heavy atom. The van der Waals surface area contributed by atoms with Crippen LogP contribution in [0.2, 0.25) is 0 Å². The van der Waals surface area contributed by atoms with Gasteiger partial charge in [-0.1, -0.05) is 24.3 Å². The van der Waals surface area contributed by atoms with E-state index in [2.05, 4.69) is 29.2 Å². The number of aromatic nitrogens is 1. The number of pyridine rings is 1. The molecule has 1 aromatic heterocycles. The Balaban J connectivity index is 1.66. The first kappa shape index (κ1) is 13.1. The topological polar surface area (TPSA) is 66.0 Å². The molecular weight excluding hydrogens is 248 g/mol. The minimum absolute atomic E-state index is 0.274. The fraction of sp³-hybridized carbons (Fsp3) is 0.375. The first-order valence-corrected chi connectivity index (χ1v) is 7.13. The van der Waals surface area contributed by atoms with Crippen molar-refractivity contribution in [3.63, 3.8) is 0 Å². The summed E-state index contributed by atoms with van der Waals surface area (Å²) >= 11 is 0. The number of amidine groups is 1. The molecule has 0 spiro atoms. The zero-order chi connectivity index (χ0) is 13.9. The molecule has 0 aliphatic carbocycles. The van der Waals surface area contributed by atoms with Gasteiger partial charge >= 0.3 is 0 Å². The summed E-state index contributed by atoms with van der Waals surface area (Å²) in [5.41, 5.74) is 7.75. The molecule has 2 aromatic rings. The molecule has 4 nitrogen and oxygen atoms in total. The summed E-state index contributed by atoms with van der Waals surface area (Å²) in [4.78, 5) is 7.11. The van der Waals surface area contributed by atoms with Gasteiger partial charge in [-0.2, -0.15) is 0 Å². The molecule has 3 rings (SSSR count). The molecule has 0 bridgehead atoms. The van der Waals surface area contributed by atoms with Gasteiger partial charge < -0.3 is 5.73 Å². The number of benzene rings is 1. The van der Waals surface area contributed by atoms with Gasteiger partial charge in [0.1, 0.15) is 0 Å². The number of piperidine rings is 1. The first-order chi connectivity index (χ1) is 9.72. The molecule has 0 saturated carbocycles. The normalized spacial score (nSPS) is 17.4. The molecule has 0 amide bonds. The fourth-order valence-electron chi connectivity index (χ4n) is 2.83. The minimum Gasteiger partial charge on any atom is -0.387 e. The molecule has 3 N–H and O–H groups in total. The second kappa shape index (κ2) is 5.59. The van der Waals surface area contributed by atoms with Gasteiger partial charge in [-0.15, -0.1) is 0 Å². The van der Waals surface area contributed by atoms with Gasteiger partial charge in [-0.25, -0.2) is 0 Å². The maximum atomic E-state index is 7.51. The monoisotopic (exact) mass is 268 g/mol. The van der Waals surface area contributed by atoms with Crippen LogP contribution in [0.25, 0.3) is 10.9 Å². The lowest BCUT2D eigenvalue weighted by Gasteiger charge is -2.31. The van der Waals surface area contributed by atoms with Crippen molar-refractivity contribution in [2.24, 2.45) is 11.7 Å². The van der Waals surface area contributed by atoms with Crippen LogP contribution < -0.4 is 5.73 Å². The summed E-state index contributed by atoms with van der Waals surface area (Å²) in [5, 5.41) is 8.70. The second-order valence-corrected chi connectivity index (χ2v) is 5.50. The van der Waals surface area contributed by atoms with E-state index in [1.165, 1.54) is 5.39 Å². The predicted octanol–water partition coefficient (Wildman–Crippen LogP) is 2.38. The summed E-state index contributed by atoms with van der Waals surface area (Å²) in [5.74, 6) is 0.615. The van der Waals surface area contributed by atoms with Gasteiger partial charge in [0.05, 0.1) is 17.0 Å². The Kier molecular flexibility index (Phi) is 3.65. The third kappa shape index (κ3) is 2.80. The lowest BCUT2D eigenvalue weighted by Crippen LogP contribution is -2.38. The molecule has 4 heteroatoms. The van der Waals surface area contributed by atoms with Crippen molar-refractivity contribution in [3.8, 4) is 0 Å².